The van der Waals surface area contributed by atoms with Crippen LogP contribution in [0, 0.1) is 0 Å². The van der Waals surface area contributed by atoms with Crippen molar-refractivity contribution in [2.45, 2.75) is 32.2 Å². The highest BCUT2D eigenvalue weighted by molar-refractivity contribution is 6.30. The van der Waals surface area contributed by atoms with Crippen molar-refractivity contribution in [3.8, 4) is 0 Å². The quantitative estimate of drug-likeness (QED) is 0.834. The van der Waals surface area contributed by atoms with Crippen molar-refractivity contribution in [3.05, 3.63) is 34.9 Å². The molecule has 1 aromatic carbocycles. The molecule has 0 heterocycles. The number of carbonyl (C=O) groups excluding carboxylic acids is 1. The zero-order valence-electron chi connectivity index (χ0n) is 10.1. The Kier molecular flexibility index (Phi) is 5.65. The van der Waals surface area contributed by atoms with Crippen LogP contribution in [0.2, 0.25) is 5.02 Å². The molecule has 2 N–H and O–H groups in total. The van der Waals surface area contributed by atoms with Gasteiger partial charge < -0.3 is 10.4 Å². The monoisotopic (exact) mass is 269 g/mol. The summed E-state index contributed by atoms with van der Waals surface area (Å²) < 4.78 is 0. The second-order valence-electron chi connectivity index (χ2n) is 4.02. The van der Waals surface area contributed by atoms with Gasteiger partial charge >= 0.3 is 5.97 Å². The van der Waals surface area contributed by atoms with Crippen LogP contribution in [0.5, 0.6) is 0 Å². The number of aliphatic carboxylic acids is 1. The van der Waals surface area contributed by atoms with Crippen LogP contribution in [-0.4, -0.2) is 17.0 Å². The molecule has 1 rings (SSSR count). The summed E-state index contributed by atoms with van der Waals surface area (Å²) in [5.41, 5.74) is 0.742. The van der Waals surface area contributed by atoms with Gasteiger partial charge in [-0.15, -0.1) is 0 Å². The van der Waals surface area contributed by atoms with E-state index in [-0.39, 0.29) is 12.3 Å². The van der Waals surface area contributed by atoms with Crippen LogP contribution in [0.3, 0.4) is 0 Å². The van der Waals surface area contributed by atoms with Crippen molar-refractivity contribution >= 4 is 23.5 Å². The van der Waals surface area contributed by atoms with Gasteiger partial charge in [0.2, 0.25) is 5.91 Å². The second kappa shape index (κ2) is 7.01. The fraction of sp³-hybridized carbons (Fsp3) is 0.385. The molecule has 5 heteroatoms. The first-order valence-corrected chi connectivity index (χ1v) is 6.17. The van der Waals surface area contributed by atoms with E-state index >= 15 is 0 Å². The van der Waals surface area contributed by atoms with Crippen molar-refractivity contribution in [2.75, 3.05) is 0 Å². The highest BCUT2D eigenvalue weighted by Crippen LogP contribution is 2.19. The van der Waals surface area contributed by atoms with E-state index in [9.17, 15) is 9.59 Å². The minimum Gasteiger partial charge on any atom is -0.481 e. The molecule has 0 bridgehead atoms. The van der Waals surface area contributed by atoms with Gasteiger partial charge in [-0.25, -0.2) is 0 Å². The summed E-state index contributed by atoms with van der Waals surface area (Å²) in [4.78, 5) is 22.4. The molecule has 0 saturated carbocycles. The lowest BCUT2D eigenvalue weighted by Gasteiger charge is -2.17. The van der Waals surface area contributed by atoms with Gasteiger partial charge in [0.05, 0.1) is 12.5 Å². The summed E-state index contributed by atoms with van der Waals surface area (Å²) in [6.45, 7) is 1.90. The van der Waals surface area contributed by atoms with E-state index in [1.54, 1.807) is 24.3 Å². The number of nitrogens with one attached hydrogen (secondary N) is 1. The Morgan fingerprint density at radius 1 is 1.33 bits per heavy atom. The number of carboxylic acids is 1. The number of amides is 1. The maximum atomic E-state index is 11.5. The van der Waals surface area contributed by atoms with Crippen LogP contribution in [0.4, 0.5) is 0 Å². The van der Waals surface area contributed by atoms with Crippen molar-refractivity contribution in [1.29, 1.82) is 0 Å². The van der Waals surface area contributed by atoms with Crippen LogP contribution in [0.25, 0.3) is 0 Å². The molecule has 0 saturated heterocycles. The first-order valence-electron chi connectivity index (χ1n) is 5.79. The average Bonchev–Trinajstić information content (AvgIpc) is 2.28. The van der Waals surface area contributed by atoms with E-state index in [0.717, 1.165) is 12.0 Å². The van der Waals surface area contributed by atoms with E-state index in [1.165, 1.54) is 0 Å². The molecule has 98 valence electrons. The molecule has 1 atom stereocenters. The van der Waals surface area contributed by atoms with Crippen LogP contribution >= 0.6 is 11.6 Å². The first-order chi connectivity index (χ1) is 8.52. The third-order valence-corrected chi connectivity index (χ3v) is 2.72. The summed E-state index contributed by atoms with van der Waals surface area (Å²) in [6.07, 6.45) is 0.979. The van der Waals surface area contributed by atoms with Crippen molar-refractivity contribution in [2.24, 2.45) is 0 Å². The molecule has 0 fully saturated rings. The third kappa shape index (κ3) is 4.75. The Labute approximate surface area is 111 Å². The summed E-state index contributed by atoms with van der Waals surface area (Å²) >= 11 is 5.77. The van der Waals surface area contributed by atoms with E-state index in [2.05, 4.69) is 5.32 Å². The standard InChI is InChI=1S/C13H16ClNO3/c1-2-3-12(16)15-11(8-13(17)18)9-4-6-10(14)7-5-9/h4-7,11H,2-3,8H2,1H3,(H,15,16)(H,17,18). The first kappa shape index (κ1) is 14.5. The smallest absolute Gasteiger partial charge is 0.305 e. The zero-order chi connectivity index (χ0) is 13.5. The molecular formula is C13H16ClNO3. The summed E-state index contributed by atoms with van der Waals surface area (Å²) in [7, 11) is 0. The topological polar surface area (TPSA) is 66.4 Å². The predicted molar refractivity (Wildman–Crippen MR) is 69.5 cm³/mol. The Balaban J connectivity index is 2.80. The van der Waals surface area contributed by atoms with E-state index in [1.807, 2.05) is 6.92 Å². The minimum absolute atomic E-state index is 0.140. The molecule has 0 spiro atoms. The predicted octanol–water partition coefficient (Wildman–Crippen LogP) is 2.77. The Hall–Kier alpha value is -1.55. The number of hydrogen-bond acceptors (Lipinski definition) is 2. The number of halogens is 1. The molecule has 18 heavy (non-hydrogen) atoms. The lowest BCUT2D eigenvalue weighted by Crippen LogP contribution is -2.29. The van der Waals surface area contributed by atoms with Gasteiger partial charge in [-0.1, -0.05) is 30.7 Å². The van der Waals surface area contributed by atoms with Gasteiger partial charge in [-0.2, -0.15) is 0 Å². The number of benzene rings is 1. The van der Waals surface area contributed by atoms with E-state index in [4.69, 9.17) is 16.7 Å². The lowest BCUT2D eigenvalue weighted by molar-refractivity contribution is -0.137. The summed E-state index contributed by atoms with van der Waals surface area (Å²) in [6, 6.07) is 6.29. The molecular weight excluding hydrogens is 254 g/mol. The van der Waals surface area contributed by atoms with Gasteiger partial charge in [0, 0.05) is 11.4 Å². The van der Waals surface area contributed by atoms with Crippen molar-refractivity contribution in [3.63, 3.8) is 0 Å². The Morgan fingerprint density at radius 2 is 1.94 bits per heavy atom. The normalized spacial score (nSPS) is 11.9. The van der Waals surface area contributed by atoms with E-state index < -0.39 is 12.0 Å². The molecule has 0 aliphatic carbocycles. The highest BCUT2D eigenvalue weighted by Gasteiger charge is 2.17. The second-order valence-corrected chi connectivity index (χ2v) is 4.46. The SMILES string of the molecule is CCCC(=O)NC(CC(=O)O)c1ccc(Cl)cc1. The fourth-order valence-electron chi connectivity index (χ4n) is 1.62. The molecule has 0 aromatic heterocycles. The van der Waals surface area contributed by atoms with Crippen molar-refractivity contribution in [1.82, 2.24) is 5.32 Å². The van der Waals surface area contributed by atoms with Crippen LogP contribution in [0.1, 0.15) is 37.8 Å². The largest absolute Gasteiger partial charge is 0.481 e. The van der Waals surface area contributed by atoms with Gasteiger partial charge in [0.1, 0.15) is 0 Å². The lowest BCUT2D eigenvalue weighted by atomic mass is 10.0. The molecule has 0 aliphatic rings. The van der Waals surface area contributed by atoms with Crippen LogP contribution < -0.4 is 5.32 Å². The Bertz CT molecular complexity index is 417. The highest BCUT2D eigenvalue weighted by atomic mass is 35.5. The maximum absolute atomic E-state index is 11.5. The van der Waals surface area contributed by atoms with Crippen molar-refractivity contribution < 1.29 is 14.7 Å². The van der Waals surface area contributed by atoms with Crippen LogP contribution in [-0.2, 0) is 9.59 Å². The van der Waals surface area contributed by atoms with Gasteiger partial charge in [0.15, 0.2) is 0 Å². The number of rotatable bonds is 6. The number of hydrogen-bond donors (Lipinski definition) is 2. The van der Waals surface area contributed by atoms with Gasteiger partial charge in [-0.3, -0.25) is 9.59 Å². The number of carboxylic acid groups (broad SMARTS) is 1. The summed E-state index contributed by atoms with van der Waals surface area (Å²) in [5, 5.41) is 12.2. The molecule has 1 aromatic rings. The molecule has 0 aliphatic heterocycles. The molecule has 1 unspecified atom stereocenters. The number of carbonyl (C=O) groups is 2. The Morgan fingerprint density at radius 3 is 2.44 bits per heavy atom. The zero-order valence-corrected chi connectivity index (χ0v) is 10.9. The third-order valence-electron chi connectivity index (χ3n) is 2.46. The molecule has 1 amide bonds. The summed E-state index contributed by atoms with van der Waals surface area (Å²) in [5.74, 6) is -1.09. The van der Waals surface area contributed by atoms with E-state index in [0.29, 0.717) is 11.4 Å². The maximum Gasteiger partial charge on any atom is 0.305 e. The van der Waals surface area contributed by atoms with Gasteiger partial charge in [0.25, 0.3) is 0 Å². The van der Waals surface area contributed by atoms with Crippen LogP contribution in [0.15, 0.2) is 24.3 Å². The van der Waals surface area contributed by atoms with Gasteiger partial charge in [-0.05, 0) is 24.1 Å². The average molecular weight is 270 g/mol. The molecule has 4 nitrogen and oxygen atoms in total. The molecule has 0 radical (unpaired) electrons. The minimum atomic E-state index is -0.952. The fourth-order valence-corrected chi connectivity index (χ4v) is 1.74.